The van der Waals surface area contributed by atoms with Gasteiger partial charge in [0.1, 0.15) is 0 Å². The van der Waals surface area contributed by atoms with E-state index in [4.69, 9.17) is 5.73 Å². The third-order valence-corrected chi connectivity index (χ3v) is 3.31. The monoisotopic (exact) mass is 198 g/mol. The van der Waals surface area contributed by atoms with Crippen molar-refractivity contribution >= 4 is 0 Å². The lowest BCUT2D eigenvalue weighted by atomic mass is 10.0. The van der Waals surface area contributed by atoms with Crippen molar-refractivity contribution in [2.24, 2.45) is 11.7 Å². The Kier molecular flexibility index (Phi) is 4.90. The van der Waals surface area contributed by atoms with Crippen LogP contribution in [0.1, 0.15) is 46.5 Å². The molecule has 14 heavy (non-hydrogen) atoms. The summed E-state index contributed by atoms with van der Waals surface area (Å²) in [4.78, 5) is 2.60. The third-order valence-electron chi connectivity index (χ3n) is 3.31. The fourth-order valence-electron chi connectivity index (χ4n) is 2.60. The van der Waals surface area contributed by atoms with Crippen LogP contribution in [0.2, 0.25) is 0 Å². The van der Waals surface area contributed by atoms with Crippen LogP contribution in [0.4, 0.5) is 0 Å². The Bertz CT molecular complexity index is 156. The van der Waals surface area contributed by atoms with E-state index in [1.54, 1.807) is 0 Å². The van der Waals surface area contributed by atoms with E-state index in [0.717, 1.165) is 18.5 Å². The van der Waals surface area contributed by atoms with Crippen LogP contribution in [0, 0.1) is 5.92 Å². The van der Waals surface area contributed by atoms with Crippen LogP contribution < -0.4 is 5.73 Å². The van der Waals surface area contributed by atoms with Crippen molar-refractivity contribution in [3.63, 3.8) is 0 Å². The molecule has 0 saturated carbocycles. The second-order valence-corrected chi connectivity index (χ2v) is 5.00. The highest BCUT2D eigenvalue weighted by Crippen LogP contribution is 2.23. The molecule has 0 radical (unpaired) electrons. The van der Waals surface area contributed by atoms with Gasteiger partial charge in [-0.2, -0.15) is 0 Å². The molecule has 1 aliphatic rings. The zero-order valence-electron chi connectivity index (χ0n) is 10.00. The van der Waals surface area contributed by atoms with E-state index in [1.165, 1.54) is 32.2 Å². The molecule has 2 nitrogen and oxygen atoms in total. The molecule has 2 N–H and O–H groups in total. The van der Waals surface area contributed by atoms with Crippen molar-refractivity contribution in [2.45, 2.75) is 58.5 Å². The molecular formula is C12H26N2. The minimum Gasteiger partial charge on any atom is -0.327 e. The standard InChI is InChI=1S/C12H26N2/c1-4-6-11(13)9-14-8-5-7-12(14)10(2)3/h10-12H,4-9,13H2,1-3H3. The molecule has 0 aromatic heterocycles. The normalized spacial score (nSPS) is 25.9. The molecule has 2 unspecified atom stereocenters. The summed E-state index contributed by atoms with van der Waals surface area (Å²) < 4.78 is 0. The van der Waals surface area contributed by atoms with E-state index >= 15 is 0 Å². The lowest BCUT2D eigenvalue weighted by Gasteiger charge is -2.29. The first-order valence-electron chi connectivity index (χ1n) is 6.14. The van der Waals surface area contributed by atoms with Crippen LogP contribution >= 0.6 is 0 Å². The molecule has 1 rings (SSSR count). The Hall–Kier alpha value is -0.0800. The molecule has 0 aliphatic carbocycles. The smallest absolute Gasteiger partial charge is 0.0167 e. The topological polar surface area (TPSA) is 29.3 Å². The second-order valence-electron chi connectivity index (χ2n) is 5.00. The summed E-state index contributed by atoms with van der Waals surface area (Å²) in [6.07, 6.45) is 5.11. The van der Waals surface area contributed by atoms with Crippen LogP contribution in [0.3, 0.4) is 0 Å². The van der Waals surface area contributed by atoms with Gasteiger partial charge < -0.3 is 5.73 Å². The maximum atomic E-state index is 6.08. The first-order chi connectivity index (χ1) is 6.65. The fourth-order valence-corrected chi connectivity index (χ4v) is 2.60. The highest BCUT2D eigenvalue weighted by molar-refractivity contribution is 4.83. The van der Waals surface area contributed by atoms with E-state index in [9.17, 15) is 0 Å². The Morgan fingerprint density at radius 2 is 2.14 bits per heavy atom. The van der Waals surface area contributed by atoms with Crippen molar-refractivity contribution in [2.75, 3.05) is 13.1 Å². The lowest BCUT2D eigenvalue weighted by molar-refractivity contribution is 0.193. The predicted octanol–water partition coefficient (Wildman–Crippen LogP) is 2.23. The molecule has 0 spiro atoms. The summed E-state index contributed by atoms with van der Waals surface area (Å²) in [5.74, 6) is 0.784. The summed E-state index contributed by atoms with van der Waals surface area (Å²) in [6.45, 7) is 9.24. The van der Waals surface area contributed by atoms with Gasteiger partial charge in [0.25, 0.3) is 0 Å². The summed E-state index contributed by atoms with van der Waals surface area (Å²) in [6, 6.07) is 1.18. The molecule has 84 valence electrons. The van der Waals surface area contributed by atoms with Gasteiger partial charge in [-0.1, -0.05) is 27.2 Å². The Morgan fingerprint density at radius 3 is 2.71 bits per heavy atom. The minimum absolute atomic E-state index is 0.388. The average Bonchev–Trinajstić information content (AvgIpc) is 2.52. The molecule has 2 heteroatoms. The maximum absolute atomic E-state index is 6.08. The van der Waals surface area contributed by atoms with Crippen molar-refractivity contribution < 1.29 is 0 Å². The number of hydrogen-bond acceptors (Lipinski definition) is 2. The molecule has 1 saturated heterocycles. The molecule has 0 amide bonds. The summed E-state index contributed by atoms with van der Waals surface area (Å²) >= 11 is 0. The van der Waals surface area contributed by atoms with Crippen molar-refractivity contribution in [1.29, 1.82) is 0 Å². The number of likely N-dealkylation sites (tertiary alicyclic amines) is 1. The molecular weight excluding hydrogens is 172 g/mol. The van der Waals surface area contributed by atoms with Crippen molar-refractivity contribution in [1.82, 2.24) is 4.90 Å². The van der Waals surface area contributed by atoms with Gasteiger partial charge in [0.2, 0.25) is 0 Å². The van der Waals surface area contributed by atoms with E-state index in [-0.39, 0.29) is 0 Å². The van der Waals surface area contributed by atoms with Crippen LogP contribution in [0.25, 0.3) is 0 Å². The van der Waals surface area contributed by atoms with Crippen molar-refractivity contribution in [3.8, 4) is 0 Å². The van der Waals surface area contributed by atoms with Crippen LogP contribution in [0.5, 0.6) is 0 Å². The summed E-state index contributed by atoms with van der Waals surface area (Å²) in [5, 5.41) is 0. The quantitative estimate of drug-likeness (QED) is 0.734. The second kappa shape index (κ2) is 5.72. The van der Waals surface area contributed by atoms with Gasteiger partial charge in [-0.05, 0) is 31.7 Å². The van der Waals surface area contributed by atoms with E-state index in [1.807, 2.05) is 0 Å². The van der Waals surface area contributed by atoms with Crippen molar-refractivity contribution in [3.05, 3.63) is 0 Å². The van der Waals surface area contributed by atoms with Gasteiger partial charge in [0.15, 0.2) is 0 Å². The van der Waals surface area contributed by atoms with Gasteiger partial charge in [-0.3, -0.25) is 4.90 Å². The number of rotatable bonds is 5. The SMILES string of the molecule is CCCC(N)CN1CCCC1C(C)C. The molecule has 1 fully saturated rings. The highest BCUT2D eigenvalue weighted by atomic mass is 15.2. The summed E-state index contributed by atoms with van der Waals surface area (Å²) in [7, 11) is 0. The van der Waals surface area contributed by atoms with Crippen LogP contribution in [-0.4, -0.2) is 30.1 Å². The predicted molar refractivity (Wildman–Crippen MR) is 62.3 cm³/mol. The van der Waals surface area contributed by atoms with E-state index in [2.05, 4.69) is 25.7 Å². The Balaban J connectivity index is 2.35. The zero-order chi connectivity index (χ0) is 10.6. The lowest BCUT2D eigenvalue weighted by Crippen LogP contribution is -2.42. The number of nitrogens with two attached hydrogens (primary N) is 1. The minimum atomic E-state index is 0.388. The molecule has 0 aromatic carbocycles. The van der Waals surface area contributed by atoms with Gasteiger partial charge >= 0.3 is 0 Å². The zero-order valence-corrected chi connectivity index (χ0v) is 10.00. The van der Waals surface area contributed by atoms with Gasteiger partial charge in [-0.15, -0.1) is 0 Å². The maximum Gasteiger partial charge on any atom is 0.0167 e. The van der Waals surface area contributed by atoms with E-state index < -0.39 is 0 Å². The van der Waals surface area contributed by atoms with Gasteiger partial charge in [0, 0.05) is 18.6 Å². The molecule has 1 heterocycles. The molecule has 2 atom stereocenters. The first kappa shape index (κ1) is 12.0. The largest absolute Gasteiger partial charge is 0.327 e. The molecule has 1 aliphatic heterocycles. The van der Waals surface area contributed by atoms with E-state index in [0.29, 0.717) is 6.04 Å². The summed E-state index contributed by atoms with van der Waals surface area (Å²) in [5.41, 5.74) is 6.08. The molecule has 0 bridgehead atoms. The van der Waals surface area contributed by atoms with Crippen LogP contribution in [0.15, 0.2) is 0 Å². The third kappa shape index (κ3) is 3.25. The van der Waals surface area contributed by atoms with Gasteiger partial charge in [-0.25, -0.2) is 0 Å². The van der Waals surface area contributed by atoms with Crippen LogP contribution in [-0.2, 0) is 0 Å². The highest BCUT2D eigenvalue weighted by Gasteiger charge is 2.27. The molecule has 0 aromatic rings. The first-order valence-corrected chi connectivity index (χ1v) is 6.14. The number of hydrogen-bond donors (Lipinski definition) is 1. The van der Waals surface area contributed by atoms with Gasteiger partial charge in [0.05, 0.1) is 0 Å². The Labute approximate surface area is 88.8 Å². The number of nitrogens with zero attached hydrogens (tertiary/aromatic N) is 1. The average molecular weight is 198 g/mol. The fraction of sp³-hybridized carbons (Fsp3) is 1.00. The Morgan fingerprint density at radius 1 is 1.43 bits per heavy atom.